The summed E-state index contributed by atoms with van der Waals surface area (Å²) in [7, 11) is 0. The van der Waals surface area contributed by atoms with Crippen LogP contribution in [0.25, 0.3) is 0 Å². The molecular formula is C10H14O2S. The summed E-state index contributed by atoms with van der Waals surface area (Å²) < 4.78 is 0. The Kier molecular flexibility index (Phi) is 6.06. The van der Waals surface area contributed by atoms with Gasteiger partial charge in [0.05, 0.1) is 5.56 Å². The molecule has 1 aromatic rings. The predicted octanol–water partition coefficient (Wildman–Crippen LogP) is 2.84. The third-order valence-corrected chi connectivity index (χ3v) is 1.75. The number of hydrogen-bond donors (Lipinski definition) is 2. The second-order valence-corrected chi connectivity index (χ2v) is 2.48. The van der Waals surface area contributed by atoms with Crippen molar-refractivity contribution >= 4 is 18.6 Å². The Labute approximate surface area is 84.0 Å². The van der Waals surface area contributed by atoms with Gasteiger partial charge in [0.25, 0.3) is 0 Å². The lowest BCUT2D eigenvalue weighted by Gasteiger charge is -1.95. The van der Waals surface area contributed by atoms with Gasteiger partial charge in [-0.3, -0.25) is 0 Å². The standard InChI is InChI=1S/C8H8O2S.C2H6/c9-8(10)7-3-1-6(5-11)2-4-7;1-2/h1-4,11H,5H2,(H,9,10);1-2H3. The minimum absolute atomic E-state index is 0.315. The zero-order chi connectivity index (χ0) is 10.3. The fourth-order valence-electron chi connectivity index (χ4n) is 0.753. The molecule has 0 saturated carbocycles. The van der Waals surface area contributed by atoms with Gasteiger partial charge >= 0.3 is 5.97 Å². The maximum absolute atomic E-state index is 10.4. The van der Waals surface area contributed by atoms with Gasteiger partial charge in [-0.05, 0) is 17.7 Å². The average Bonchev–Trinajstić information content (AvgIpc) is 2.21. The monoisotopic (exact) mass is 198 g/mol. The molecule has 0 unspecified atom stereocenters. The third-order valence-electron chi connectivity index (χ3n) is 1.38. The lowest BCUT2D eigenvalue weighted by molar-refractivity contribution is 0.0697. The molecule has 1 N–H and O–H groups in total. The van der Waals surface area contributed by atoms with Crippen LogP contribution in [-0.2, 0) is 5.75 Å². The number of aromatic carboxylic acids is 1. The van der Waals surface area contributed by atoms with E-state index in [0.29, 0.717) is 11.3 Å². The second-order valence-electron chi connectivity index (χ2n) is 2.16. The summed E-state index contributed by atoms with van der Waals surface area (Å²) in [5.41, 5.74) is 1.34. The van der Waals surface area contributed by atoms with Crippen LogP contribution >= 0.6 is 12.6 Å². The maximum atomic E-state index is 10.4. The molecule has 72 valence electrons. The first-order valence-corrected chi connectivity index (χ1v) is 4.80. The number of benzene rings is 1. The first-order chi connectivity index (χ1) is 6.24. The van der Waals surface area contributed by atoms with Crippen LogP contribution in [0, 0.1) is 0 Å². The Morgan fingerprint density at radius 3 is 2.08 bits per heavy atom. The van der Waals surface area contributed by atoms with E-state index in [-0.39, 0.29) is 0 Å². The molecule has 0 atom stereocenters. The van der Waals surface area contributed by atoms with Crippen LogP contribution in [0.2, 0.25) is 0 Å². The Bertz CT molecular complexity index is 254. The summed E-state index contributed by atoms with van der Waals surface area (Å²) in [4.78, 5) is 10.4. The molecule has 1 aromatic carbocycles. The average molecular weight is 198 g/mol. The summed E-state index contributed by atoms with van der Waals surface area (Å²) >= 11 is 4.05. The van der Waals surface area contributed by atoms with Crippen molar-refractivity contribution in [2.24, 2.45) is 0 Å². The van der Waals surface area contributed by atoms with E-state index in [0.717, 1.165) is 5.56 Å². The molecule has 2 nitrogen and oxygen atoms in total. The van der Waals surface area contributed by atoms with Crippen molar-refractivity contribution in [3.05, 3.63) is 35.4 Å². The molecule has 0 aliphatic heterocycles. The molecule has 0 bridgehead atoms. The predicted molar refractivity (Wildman–Crippen MR) is 57.4 cm³/mol. The van der Waals surface area contributed by atoms with Crippen molar-refractivity contribution in [2.75, 3.05) is 0 Å². The van der Waals surface area contributed by atoms with Gasteiger partial charge in [-0.25, -0.2) is 4.79 Å². The van der Waals surface area contributed by atoms with Crippen LogP contribution in [0.5, 0.6) is 0 Å². The quantitative estimate of drug-likeness (QED) is 0.717. The van der Waals surface area contributed by atoms with Gasteiger partial charge < -0.3 is 5.11 Å². The Morgan fingerprint density at radius 2 is 1.77 bits per heavy atom. The maximum Gasteiger partial charge on any atom is 0.335 e. The minimum atomic E-state index is -0.893. The van der Waals surface area contributed by atoms with Gasteiger partial charge in [0.15, 0.2) is 0 Å². The van der Waals surface area contributed by atoms with E-state index in [2.05, 4.69) is 12.6 Å². The third kappa shape index (κ3) is 3.99. The van der Waals surface area contributed by atoms with E-state index in [9.17, 15) is 4.79 Å². The minimum Gasteiger partial charge on any atom is -0.478 e. The molecule has 0 aliphatic carbocycles. The molecule has 0 fully saturated rings. The molecule has 0 saturated heterocycles. The number of carboxylic acids is 1. The smallest absolute Gasteiger partial charge is 0.335 e. The summed E-state index contributed by atoms with van der Waals surface area (Å²) in [6.07, 6.45) is 0. The molecular weight excluding hydrogens is 184 g/mol. The molecule has 0 radical (unpaired) electrons. The Balaban J connectivity index is 0.000000671. The van der Waals surface area contributed by atoms with E-state index in [4.69, 9.17) is 5.11 Å². The summed E-state index contributed by atoms with van der Waals surface area (Å²) in [5.74, 6) is -0.254. The van der Waals surface area contributed by atoms with Gasteiger partial charge in [-0.15, -0.1) is 0 Å². The van der Waals surface area contributed by atoms with Crippen LogP contribution in [0.4, 0.5) is 0 Å². The number of carbonyl (C=O) groups is 1. The van der Waals surface area contributed by atoms with Gasteiger partial charge in [-0.1, -0.05) is 26.0 Å². The Morgan fingerprint density at radius 1 is 1.31 bits per heavy atom. The van der Waals surface area contributed by atoms with Gasteiger partial charge in [-0.2, -0.15) is 12.6 Å². The normalized spacial score (nSPS) is 8.54. The van der Waals surface area contributed by atoms with Crippen molar-refractivity contribution in [3.63, 3.8) is 0 Å². The van der Waals surface area contributed by atoms with Gasteiger partial charge in [0, 0.05) is 5.75 Å². The number of hydrogen-bond acceptors (Lipinski definition) is 2. The highest BCUT2D eigenvalue weighted by atomic mass is 32.1. The molecule has 0 aromatic heterocycles. The molecule has 13 heavy (non-hydrogen) atoms. The highest BCUT2D eigenvalue weighted by Gasteiger charge is 1.99. The largest absolute Gasteiger partial charge is 0.478 e. The van der Waals surface area contributed by atoms with E-state index in [1.807, 2.05) is 13.8 Å². The summed E-state index contributed by atoms with van der Waals surface area (Å²) in [5, 5.41) is 8.53. The van der Waals surface area contributed by atoms with Crippen molar-refractivity contribution in [1.29, 1.82) is 0 Å². The van der Waals surface area contributed by atoms with Crippen molar-refractivity contribution in [3.8, 4) is 0 Å². The van der Waals surface area contributed by atoms with E-state index < -0.39 is 5.97 Å². The summed E-state index contributed by atoms with van der Waals surface area (Å²) in [6, 6.07) is 6.68. The highest BCUT2D eigenvalue weighted by Crippen LogP contribution is 2.05. The van der Waals surface area contributed by atoms with E-state index in [1.165, 1.54) is 0 Å². The van der Waals surface area contributed by atoms with Crippen LogP contribution in [0.1, 0.15) is 29.8 Å². The lowest BCUT2D eigenvalue weighted by atomic mass is 10.1. The van der Waals surface area contributed by atoms with Gasteiger partial charge in [0.2, 0.25) is 0 Å². The van der Waals surface area contributed by atoms with E-state index >= 15 is 0 Å². The number of thiol groups is 1. The lowest BCUT2D eigenvalue weighted by Crippen LogP contribution is -1.95. The van der Waals surface area contributed by atoms with Crippen LogP contribution in [-0.4, -0.2) is 11.1 Å². The van der Waals surface area contributed by atoms with Crippen LogP contribution < -0.4 is 0 Å². The fourth-order valence-corrected chi connectivity index (χ4v) is 0.964. The van der Waals surface area contributed by atoms with Gasteiger partial charge in [0.1, 0.15) is 0 Å². The molecule has 0 aliphatic rings. The fraction of sp³-hybridized carbons (Fsp3) is 0.300. The van der Waals surface area contributed by atoms with Crippen LogP contribution in [0.3, 0.4) is 0 Å². The topological polar surface area (TPSA) is 37.3 Å². The molecule has 3 heteroatoms. The first kappa shape index (κ1) is 12.0. The van der Waals surface area contributed by atoms with Crippen molar-refractivity contribution < 1.29 is 9.90 Å². The zero-order valence-corrected chi connectivity index (χ0v) is 8.71. The molecule has 1 rings (SSSR count). The number of rotatable bonds is 2. The van der Waals surface area contributed by atoms with E-state index in [1.54, 1.807) is 24.3 Å². The zero-order valence-electron chi connectivity index (χ0n) is 7.82. The van der Waals surface area contributed by atoms with Crippen molar-refractivity contribution in [2.45, 2.75) is 19.6 Å². The van der Waals surface area contributed by atoms with Crippen LogP contribution in [0.15, 0.2) is 24.3 Å². The number of carboxylic acid groups (broad SMARTS) is 1. The molecule has 0 heterocycles. The molecule has 0 spiro atoms. The summed E-state index contributed by atoms with van der Waals surface area (Å²) in [6.45, 7) is 4.00. The van der Waals surface area contributed by atoms with Crippen molar-refractivity contribution in [1.82, 2.24) is 0 Å². The first-order valence-electron chi connectivity index (χ1n) is 4.17. The second kappa shape index (κ2) is 6.54. The highest BCUT2D eigenvalue weighted by molar-refractivity contribution is 7.79. The molecule has 0 amide bonds. The Hall–Kier alpha value is -0.960. The SMILES string of the molecule is CC.O=C(O)c1ccc(CS)cc1.